The van der Waals surface area contributed by atoms with Gasteiger partial charge < -0.3 is 9.64 Å². The highest BCUT2D eigenvalue weighted by Gasteiger charge is 2.19. The lowest BCUT2D eigenvalue weighted by Crippen LogP contribution is -2.19. The maximum atomic E-state index is 6.08. The van der Waals surface area contributed by atoms with Crippen LogP contribution in [-0.4, -0.2) is 18.1 Å². The first kappa shape index (κ1) is 13.5. The summed E-state index contributed by atoms with van der Waals surface area (Å²) >= 11 is 12.0. The van der Waals surface area contributed by atoms with Crippen molar-refractivity contribution in [1.82, 2.24) is 4.98 Å². The van der Waals surface area contributed by atoms with E-state index in [0.717, 1.165) is 35.8 Å². The first-order valence-corrected chi connectivity index (χ1v) is 7.40. The Morgan fingerprint density at radius 2 is 2.15 bits per heavy atom. The lowest BCUT2D eigenvalue weighted by atomic mass is 10.2. The molecule has 0 unspecified atom stereocenters. The zero-order valence-corrected chi connectivity index (χ0v) is 12.4. The maximum absolute atomic E-state index is 6.08. The van der Waals surface area contributed by atoms with Gasteiger partial charge >= 0.3 is 0 Å². The molecule has 2 heterocycles. The fourth-order valence-electron chi connectivity index (χ4n) is 2.28. The minimum absolute atomic E-state index is 0.375. The summed E-state index contributed by atoms with van der Waals surface area (Å²) in [5, 5.41) is 0.600. The van der Waals surface area contributed by atoms with Crippen LogP contribution in [0.3, 0.4) is 0 Å². The van der Waals surface area contributed by atoms with Crippen LogP contribution < -0.4 is 9.64 Å². The van der Waals surface area contributed by atoms with Gasteiger partial charge in [0.05, 0.1) is 17.3 Å². The molecule has 0 saturated carbocycles. The predicted molar refractivity (Wildman–Crippen MR) is 82.4 cm³/mol. The molecule has 0 amide bonds. The summed E-state index contributed by atoms with van der Waals surface area (Å²) in [4.78, 5) is 6.58. The fraction of sp³-hybridized carbons (Fsp3) is 0.267. The monoisotopic (exact) mass is 308 g/mol. The van der Waals surface area contributed by atoms with Crippen LogP contribution in [0.25, 0.3) is 0 Å². The third kappa shape index (κ3) is 2.56. The maximum Gasteiger partial charge on any atom is 0.142 e. The molecule has 0 bridgehead atoms. The van der Waals surface area contributed by atoms with E-state index < -0.39 is 0 Å². The Bertz CT molecular complexity index is 619. The van der Waals surface area contributed by atoms with Gasteiger partial charge in [0.2, 0.25) is 0 Å². The molecule has 1 aromatic carbocycles. The summed E-state index contributed by atoms with van der Waals surface area (Å²) in [6.45, 7) is 1.57. The smallest absolute Gasteiger partial charge is 0.142 e. The molecule has 0 atom stereocenters. The molecule has 104 valence electrons. The second kappa shape index (κ2) is 5.90. The topological polar surface area (TPSA) is 25.4 Å². The average Bonchev–Trinajstić information content (AvgIpc) is 2.70. The number of ether oxygens (including phenoxy) is 1. The number of benzene rings is 1. The van der Waals surface area contributed by atoms with E-state index >= 15 is 0 Å². The molecule has 0 radical (unpaired) electrons. The number of hydrogen-bond donors (Lipinski definition) is 0. The SMILES string of the molecule is ClCc1cc(N2CCCOc3ccccc32)ncc1Cl. The first-order valence-electron chi connectivity index (χ1n) is 6.49. The number of anilines is 2. The highest BCUT2D eigenvalue weighted by atomic mass is 35.5. The van der Waals surface area contributed by atoms with Crippen molar-refractivity contribution in [2.45, 2.75) is 12.3 Å². The van der Waals surface area contributed by atoms with E-state index in [-0.39, 0.29) is 0 Å². The summed E-state index contributed by atoms with van der Waals surface area (Å²) in [5.41, 5.74) is 1.92. The second-order valence-electron chi connectivity index (χ2n) is 4.59. The van der Waals surface area contributed by atoms with Gasteiger partial charge in [-0.25, -0.2) is 4.98 Å². The number of para-hydroxylation sites is 2. The molecule has 20 heavy (non-hydrogen) atoms. The molecular weight excluding hydrogens is 295 g/mol. The fourth-order valence-corrected chi connectivity index (χ4v) is 2.74. The molecule has 5 heteroatoms. The normalized spacial score (nSPS) is 14.4. The first-order chi connectivity index (χ1) is 9.79. The zero-order chi connectivity index (χ0) is 13.9. The van der Waals surface area contributed by atoms with Crippen molar-refractivity contribution in [3.63, 3.8) is 0 Å². The lowest BCUT2D eigenvalue weighted by Gasteiger charge is -2.23. The van der Waals surface area contributed by atoms with Crippen molar-refractivity contribution < 1.29 is 4.74 Å². The molecule has 0 aliphatic carbocycles. The Balaban J connectivity index is 2.05. The molecule has 1 aromatic heterocycles. The van der Waals surface area contributed by atoms with Crippen molar-refractivity contribution >= 4 is 34.7 Å². The predicted octanol–water partition coefficient (Wildman–Crippen LogP) is 4.39. The highest BCUT2D eigenvalue weighted by Crippen LogP contribution is 2.35. The number of aromatic nitrogens is 1. The highest BCUT2D eigenvalue weighted by molar-refractivity contribution is 6.32. The summed E-state index contributed by atoms with van der Waals surface area (Å²) in [6.07, 6.45) is 2.60. The van der Waals surface area contributed by atoms with Crippen LogP contribution in [0.1, 0.15) is 12.0 Å². The van der Waals surface area contributed by atoms with Gasteiger partial charge in [-0.05, 0) is 30.2 Å². The van der Waals surface area contributed by atoms with Crippen molar-refractivity contribution in [3.8, 4) is 5.75 Å². The molecule has 3 nitrogen and oxygen atoms in total. The Hall–Kier alpha value is -1.45. The van der Waals surface area contributed by atoms with Gasteiger partial charge in [-0.15, -0.1) is 11.6 Å². The summed E-state index contributed by atoms with van der Waals surface area (Å²) in [6, 6.07) is 9.93. The Labute approximate surface area is 128 Å². The number of pyridine rings is 1. The van der Waals surface area contributed by atoms with E-state index in [1.54, 1.807) is 6.20 Å². The Morgan fingerprint density at radius 1 is 1.30 bits per heavy atom. The van der Waals surface area contributed by atoms with Crippen molar-refractivity contribution in [1.29, 1.82) is 0 Å². The number of fused-ring (bicyclic) bond motifs is 1. The minimum atomic E-state index is 0.375. The van der Waals surface area contributed by atoms with Crippen molar-refractivity contribution in [2.75, 3.05) is 18.1 Å². The van der Waals surface area contributed by atoms with Gasteiger partial charge in [-0.2, -0.15) is 0 Å². The Kier molecular flexibility index (Phi) is 3.99. The van der Waals surface area contributed by atoms with Gasteiger partial charge in [-0.1, -0.05) is 23.7 Å². The van der Waals surface area contributed by atoms with Crippen LogP contribution in [0.5, 0.6) is 5.75 Å². The van der Waals surface area contributed by atoms with E-state index in [9.17, 15) is 0 Å². The number of halogens is 2. The summed E-state index contributed by atoms with van der Waals surface area (Å²) < 4.78 is 5.76. The van der Waals surface area contributed by atoms with E-state index in [1.807, 2.05) is 30.3 Å². The van der Waals surface area contributed by atoms with Crippen molar-refractivity contribution in [2.24, 2.45) is 0 Å². The molecule has 0 N–H and O–H groups in total. The van der Waals surface area contributed by atoms with E-state index in [1.165, 1.54) is 0 Å². The molecular formula is C15H14Cl2N2O. The lowest BCUT2D eigenvalue weighted by molar-refractivity contribution is 0.322. The Morgan fingerprint density at radius 3 is 3.00 bits per heavy atom. The summed E-state index contributed by atoms with van der Waals surface area (Å²) in [5.74, 6) is 2.11. The molecule has 1 aliphatic heterocycles. The molecule has 2 aromatic rings. The number of nitrogens with zero attached hydrogens (tertiary/aromatic N) is 2. The van der Waals surface area contributed by atoms with E-state index in [4.69, 9.17) is 27.9 Å². The molecule has 0 spiro atoms. The van der Waals surface area contributed by atoms with Crippen LogP contribution in [-0.2, 0) is 5.88 Å². The van der Waals surface area contributed by atoms with Gasteiger partial charge in [0.15, 0.2) is 0 Å². The quantitative estimate of drug-likeness (QED) is 0.769. The standard InChI is InChI=1S/C15H14Cl2N2O/c16-9-11-8-15(18-10-12(11)17)19-6-3-7-20-14-5-2-1-4-13(14)19/h1-2,4-5,8,10H,3,6-7,9H2. The van der Waals surface area contributed by atoms with Gasteiger partial charge in [0.1, 0.15) is 11.6 Å². The van der Waals surface area contributed by atoms with E-state index in [0.29, 0.717) is 17.5 Å². The number of alkyl halides is 1. The van der Waals surface area contributed by atoms with Gasteiger partial charge in [-0.3, -0.25) is 0 Å². The van der Waals surface area contributed by atoms with Gasteiger partial charge in [0, 0.05) is 18.6 Å². The molecule has 0 fully saturated rings. The largest absolute Gasteiger partial charge is 0.491 e. The van der Waals surface area contributed by atoms with Crippen LogP contribution in [0.2, 0.25) is 5.02 Å². The van der Waals surface area contributed by atoms with Crippen LogP contribution in [0.15, 0.2) is 36.5 Å². The minimum Gasteiger partial charge on any atom is -0.491 e. The zero-order valence-electron chi connectivity index (χ0n) is 10.9. The van der Waals surface area contributed by atoms with Crippen LogP contribution in [0, 0.1) is 0 Å². The van der Waals surface area contributed by atoms with E-state index in [2.05, 4.69) is 9.88 Å². The average molecular weight is 309 g/mol. The third-order valence-electron chi connectivity index (χ3n) is 3.28. The number of hydrogen-bond acceptors (Lipinski definition) is 3. The van der Waals surface area contributed by atoms with Gasteiger partial charge in [0.25, 0.3) is 0 Å². The molecule has 1 aliphatic rings. The molecule has 3 rings (SSSR count). The van der Waals surface area contributed by atoms with Crippen molar-refractivity contribution in [3.05, 3.63) is 47.1 Å². The second-order valence-corrected chi connectivity index (χ2v) is 5.26. The number of rotatable bonds is 2. The van der Waals surface area contributed by atoms with Crippen LogP contribution >= 0.6 is 23.2 Å². The van der Waals surface area contributed by atoms with Crippen LogP contribution in [0.4, 0.5) is 11.5 Å². The molecule has 0 saturated heterocycles. The summed E-state index contributed by atoms with van der Waals surface area (Å²) in [7, 11) is 0. The third-order valence-corrected chi connectivity index (χ3v) is 3.91.